The van der Waals surface area contributed by atoms with E-state index in [2.05, 4.69) is 5.32 Å². The molecule has 4 heterocycles. The molecule has 0 radical (unpaired) electrons. The molecule has 1 saturated heterocycles. The van der Waals surface area contributed by atoms with Gasteiger partial charge in [0.05, 0.1) is 12.6 Å². The van der Waals surface area contributed by atoms with E-state index >= 15 is 0 Å². The van der Waals surface area contributed by atoms with E-state index in [9.17, 15) is 14.0 Å². The van der Waals surface area contributed by atoms with Crippen LogP contribution >= 0.6 is 0 Å². The number of hydrogen-bond donors (Lipinski definition) is 2. The Morgan fingerprint density at radius 1 is 1.32 bits per heavy atom. The van der Waals surface area contributed by atoms with Crippen LogP contribution in [0.1, 0.15) is 34.3 Å². The fourth-order valence-corrected chi connectivity index (χ4v) is 4.35. The van der Waals surface area contributed by atoms with Crippen molar-refractivity contribution in [2.75, 3.05) is 12.3 Å². The molecule has 5 rings (SSSR count). The maximum Gasteiger partial charge on any atom is 0.278 e. The summed E-state index contributed by atoms with van der Waals surface area (Å²) >= 11 is 0. The normalized spacial score (nSPS) is 15.8. The minimum atomic E-state index is -0.432. The number of nitrogen functional groups attached to an aromatic ring is 1. The van der Waals surface area contributed by atoms with Crippen LogP contribution in [-0.4, -0.2) is 28.0 Å². The third-order valence-electron chi connectivity index (χ3n) is 6.20. The summed E-state index contributed by atoms with van der Waals surface area (Å²) in [4.78, 5) is 31.3. The number of carbonyl (C=O) groups excluding carboxylic acids is 1. The molecule has 8 nitrogen and oxygen atoms in total. The molecule has 3 aromatic heterocycles. The summed E-state index contributed by atoms with van der Waals surface area (Å²) in [6, 6.07) is 11.0. The molecular weight excluding hydrogens is 437 g/mol. The molecule has 1 aromatic carbocycles. The van der Waals surface area contributed by atoms with E-state index in [1.165, 1.54) is 22.6 Å². The highest BCUT2D eigenvalue weighted by atomic mass is 19.1. The first-order valence-electron chi connectivity index (χ1n) is 11.2. The van der Waals surface area contributed by atoms with Gasteiger partial charge in [0.25, 0.3) is 17.1 Å². The number of aromatic nitrogens is 3. The third kappa shape index (κ3) is 3.99. The Morgan fingerprint density at radius 2 is 2.12 bits per heavy atom. The molecule has 9 heteroatoms. The summed E-state index contributed by atoms with van der Waals surface area (Å²) < 4.78 is 22.2. The predicted molar refractivity (Wildman–Crippen MR) is 125 cm³/mol. The first-order valence-corrected chi connectivity index (χ1v) is 11.2. The maximum absolute atomic E-state index is 13.4. The van der Waals surface area contributed by atoms with Crippen molar-refractivity contribution in [2.45, 2.75) is 39.0 Å². The number of pyridine rings is 2. The fourth-order valence-electron chi connectivity index (χ4n) is 4.35. The second-order valence-corrected chi connectivity index (χ2v) is 8.54. The van der Waals surface area contributed by atoms with Gasteiger partial charge in [-0.25, -0.2) is 8.96 Å². The van der Waals surface area contributed by atoms with Crippen molar-refractivity contribution in [1.82, 2.24) is 14.7 Å². The topological polar surface area (TPSA) is 103 Å². The maximum atomic E-state index is 13.4. The number of rotatable bonds is 5. The number of amides is 1. The first-order chi connectivity index (χ1) is 16.4. The van der Waals surface area contributed by atoms with E-state index in [0.717, 1.165) is 24.0 Å². The van der Waals surface area contributed by atoms with Gasteiger partial charge in [0, 0.05) is 24.9 Å². The van der Waals surface area contributed by atoms with Crippen LogP contribution in [0.2, 0.25) is 0 Å². The van der Waals surface area contributed by atoms with Crippen LogP contribution in [0.25, 0.3) is 16.7 Å². The van der Waals surface area contributed by atoms with E-state index in [1.54, 1.807) is 29.0 Å². The van der Waals surface area contributed by atoms with Crippen molar-refractivity contribution < 1.29 is 18.5 Å². The molecule has 3 N–H and O–H groups in total. The van der Waals surface area contributed by atoms with Crippen molar-refractivity contribution in [1.29, 1.82) is 0 Å². The fraction of sp³-hybridized carbons (Fsp3) is 0.280. The van der Waals surface area contributed by atoms with E-state index < -0.39 is 5.91 Å². The number of hydrogen-bond acceptors (Lipinski definition) is 5. The summed E-state index contributed by atoms with van der Waals surface area (Å²) in [5.41, 5.74) is 8.94. The summed E-state index contributed by atoms with van der Waals surface area (Å²) in [5, 5.41) is 3.11. The van der Waals surface area contributed by atoms with Crippen LogP contribution in [-0.2, 0) is 17.8 Å². The molecule has 1 atom stereocenters. The van der Waals surface area contributed by atoms with E-state index in [4.69, 9.17) is 15.5 Å². The Labute approximate surface area is 194 Å². The number of nitrogens with zero attached hydrogens (tertiary/aromatic N) is 3. The number of anilines is 1. The number of aryl methyl sites for hydroxylation is 1. The van der Waals surface area contributed by atoms with Gasteiger partial charge in [-0.1, -0.05) is 23.2 Å². The Hall–Kier alpha value is -3.85. The average Bonchev–Trinajstić information content (AvgIpc) is 3.34. The number of nitrogens with two attached hydrogens (primary N) is 1. The molecular formula is C25H25FN5O3+. The van der Waals surface area contributed by atoms with Gasteiger partial charge >= 0.3 is 0 Å². The number of halogens is 1. The van der Waals surface area contributed by atoms with Crippen molar-refractivity contribution in [3.8, 4) is 0 Å². The molecule has 4 aromatic rings. The molecule has 1 fully saturated rings. The highest BCUT2D eigenvalue weighted by molar-refractivity contribution is 6.00. The van der Waals surface area contributed by atoms with Crippen LogP contribution in [0.3, 0.4) is 0 Å². The molecule has 0 spiro atoms. The molecule has 1 aliphatic rings. The summed E-state index contributed by atoms with van der Waals surface area (Å²) in [6.07, 6.45) is 3.39. The lowest BCUT2D eigenvalue weighted by Gasteiger charge is -2.15. The van der Waals surface area contributed by atoms with Gasteiger partial charge in [0.1, 0.15) is 16.8 Å². The van der Waals surface area contributed by atoms with E-state index in [1.807, 2.05) is 13.0 Å². The van der Waals surface area contributed by atoms with Crippen LogP contribution in [0, 0.1) is 12.7 Å². The van der Waals surface area contributed by atoms with Gasteiger partial charge in [-0.15, -0.1) is 0 Å². The van der Waals surface area contributed by atoms with E-state index in [0.29, 0.717) is 29.8 Å². The molecule has 0 saturated carbocycles. The summed E-state index contributed by atoms with van der Waals surface area (Å²) in [7, 11) is 0. The molecule has 1 amide bonds. The highest BCUT2D eigenvalue weighted by Gasteiger charge is 2.28. The first kappa shape index (κ1) is 22.0. The van der Waals surface area contributed by atoms with Crippen molar-refractivity contribution in [3.05, 3.63) is 81.5 Å². The Bertz CT molecular complexity index is 1460. The largest absolute Gasteiger partial charge is 0.375 e. The zero-order valence-electron chi connectivity index (χ0n) is 18.8. The van der Waals surface area contributed by atoms with Crippen molar-refractivity contribution in [3.63, 3.8) is 0 Å². The molecule has 34 heavy (non-hydrogen) atoms. The molecule has 0 aliphatic carbocycles. The average molecular weight is 463 g/mol. The number of carbonyl (C=O) groups is 1. The zero-order valence-corrected chi connectivity index (χ0v) is 18.8. The van der Waals surface area contributed by atoms with Gasteiger partial charge in [-0.3, -0.25) is 14.0 Å². The minimum Gasteiger partial charge on any atom is -0.375 e. The molecule has 174 valence electrons. The lowest BCUT2D eigenvalue weighted by atomic mass is 10.1. The second kappa shape index (κ2) is 8.83. The lowest BCUT2D eigenvalue weighted by molar-refractivity contribution is -0.666. The standard InChI is InChI=1S/C25H24FN5O3/c1-15-4-2-10-30-22(15)29-23-20(25(30)33)12-19(21(27)31(23)14-18-5-3-11-34-18)24(32)28-13-16-6-8-17(26)9-7-16/h2,4,6-10,12,18,27H,3,5,11,13-14H2,1H3,(H,28,32)/p+1/t18-/m0/s1. The Balaban J connectivity index is 1.62. The van der Waals surface area contributed by atoms with Gasteiger partial charge in [0.2, 0.25) is 11.5 Å². The SMILES string of the molecule is Cc1cccn2c(=O)c3cc(C(=O)NCc4ccc(F)cc4)c(N)[n+](C[C@@H]4CCCO4)c3nc12. The van der Waals surface area contributed by atoms with Gasteiger partial charge in [-0.2, -0.15) is 0 Å². The van der Waals surface area contributed by atoms with Crippen molar-refractivity contribution >= 4 is 28.4 Å². The van der Waals surface area contributed by atoms with Crippen LogP contribution in [0.4, 0.5) is 10.2 Å². The predicted octanol–water partition coefficient (Wildman–Crippen LogP) is 2.27. The second-order valence-electron chi connectivity index (χ2n) is 8.54. The van der Waals surface area contributed by atoms with Crippen LogP contribution in [0.5, 0.6) is 0 Å². The minimum absolute atomic E-state index is 0.0786. The van der Waals surface area contributed by atoms with Gasteiger partial charge in [-0.05, 0) is 49.6 Å². The number of benzene rings is 1. The number of nitrogens with one attached hydrogen (secondary N) is 1. The molecule has 0 unspecified atom stereocenters. The lowest BCUT2D eigenvalue weighted by Crippen LogP contribution is -2.46. The molecule has 1 aliphatic heterocycles. The number of ether oxygens (including phenoxy) is 1. The summed E-state index contributed by atoms with van der Waals surface area (Å²) in [5.74, 6) is -0.567. The van der Waals surface area contributed by atoms with Crippen LogP contribution < -0.4 is 21.2 Å². The monoisotopic (exact) mass is 462 g/mol. The Kier molecular flexibility index (Phi) is 5.70. The molecule has 0 bridgehead atoms. The Morgan fingerprint density at radius 3 is 2.85 bits per heavy atom. The van der Waals surface area contributed by atoms with Gasteiger partial charge < -0.3 is 15.8 Å². The van der Waals surface area contributed by atoms with Gasteiger partial charge in [0.15, 0.2) is 0 Å². The third-order valence-corrected chi connectivity index (χ3v) is 6.20. The highest BCUT2D eigenvalue weighted by Crippen LogP contribution is 2.19. The summed E-state index contributed by atoms with van der Waals surface area (Å²) in [6.45, 7) is 3.13. The zero-order chi connectivity index (χ0) is 23.8. The smallest absolute Gasteiger partial charge is 0.278 e. The van der Waals surface area contributed by atoms with Crippen molar-refractivity contribution in [2.24, 2.45) is 0 Å². The van der Waals surface area contributed by atoms with Crippen LogP contribution in [0.15, 0.2) is 53.5 Å². The number of fused-ring (bicyclic) bond motifs is 2. The van der Waals surface area contributed by atoms with E-state index in [-0.39, 0.29) is 35.4 Å². The quantitative estimate of drug-likeness (QED) is 0.350.